The Morgan fingerprint density at radius 3 is 2.50 bits per heavy atom. The molecule has 0 saturated heterocycles. The van der Waals surface area contributed by atoms with E-state index < -0.39 is 17.5 Å². The van der Waals surface area contributed by atoms with E-state index in [2.05, 4.69) is 20.6 Å². The van der Waals surface area contributed by atoms with E-state index in [-0.39, 0.29) is 11.7 Å². The van der Waals surface area contributed by atoms with E-state index >= 15 is 0 Å². The molecular weight excluding hydrogens is 364 g/mol. The van der Waals surface area contributed by atoms with Crippen molar-refractivity contribution in [1.82, 2.24) is 20.2 Å². The molecule has 28 heavy (non-hydrogen) atoms. The molecule has 1 unspecified atom stereocenters. The van der Waals surface area contributed by atoms with Crippen LogP contribution in [0.25, 0.3) is 5.69 Å². The highest BCUT2D eigenvalue weighted by molar-refractivity contribution is 5.91. The van der Waals surface area contributed by atoms with Crippen molar-refractivity contribution in [3.8, 4) is 11.4 Å². The number of benzene rings is 1. The maximum atomic E-state index is 12.0. The Bertz CT molecular complexity index is 1070. The lowest BCUT2D eigenvalue weighted by Crippen LogP contribution is -2.34. The molecule has 2 heterocycles. The molecule has 10 heteroatoms. The number of aryl methyl sites for hydroxylation is 2. The third-order valence-electron chi connectivity index (χ3n) is 4.32. The zero-order chi connectivity index (χ0) is 20.6. The molecule has 1 aliphatic heterocycles. The highest BCUT2D eigenvalue weighted by atomic mass is 16.5. The fourth-order valence-corrected chi connectivity index (χ4v) is 2.89. The molecule has 1 aliphatic rings. The first-order chi connectivity index (χ1) is 13.2. The Hall–Kier alpha value is -3.40. The third kappa shape index (κ3) is 3.67. The van der Waals surface area contributed by atoms with Gasteiger partial charge in [0, 0.05) is 6.08 Å². The van der Waals surface area contributed by atoms with Crippen LogP contribution < -0.4 is 27.1 Å². The summed E-state index contributed by atoms with van der Waals surface area (Å²) in [5.74, 6) is 0.689. The molecule has 0 bridgehead atoms. The average Bonchev–Trinajstić information content (AvgIpc) is 2.62. The number of aromatic amines is 1. The largest absolute Gasteiger partial charge is 0.437 e. The molecule has 1 aromatic heterocycles. The van der Waals surface area contributed by atoms with Crippen LogP contribution in [-0.4, -0.2) is 32.0 Å². The molecule has 0 fully saturated rings. The van der Waals surface area contributed by atoms with Crippen molar-refractivity contribution in [2.24, 2.45) is 11.0 Å². The number of nitrogens with one attached hydrogen (secondary N) is 2. The summed E-state index contributed by atoms with van der Waals surface area (Å²) in [7, 11) is 0. The van der Waals surface area contributed by atoms with Crippen LogP contribution in [0.2, 0.25) is 0 Å². The average molecular weight is 386 g/mol. The van der Waals surface area contributed by atoms with Gasteiger partial charge in [-0.3, -0.25) is 15.2 Å². The summed E-state index contributed by atoms with van der Waals surface area (Å²) in [6.07, 6.45) is 0.855. The zero-order valence-corrected chi connectivity index (χ0v) is 16.0. The lowest BCUT2D eigenvalue weighted by atomic mass is 10.0. The number of aliphatic hydroxyl groups excluding tert-OH is 1. The van der Waals surface area contributed by atoms with E-state index in [0.29, 0.717) is 17.3 Å². The van der Waals surface area contributed by atoms with Gasteiger partial charge in [0.25, 0.3) is 5.56 Å². The minimum Gasteiger partial charge on any atom is -0.437 e. The first-order valence-electron chi connectivity index (χ1n) is 8.68. The number of ether oxygens (including phenoxy) is 1. The first-order valence-corrected chi connectivity index (χ1v) is 8.68. The van der Waals surface area contributed by atoms with Crippen molar-refractivity contribution in [3.05, 3.63) is 55.7 Å². The number of hydrazone groups is 1. The van der Waals surface area contributed by atoms with E-state index in [4.69, 9.17) is 10.5 Å². The van der Waals surface area contributed by atoms with Crippen molar-refractivity contribution in [2.75, 3.05) is 5.73 Å². The smallest absolute Gasteiger partial charge is 0.349 e. The number of nitrogens with zero attached hydrogens (tertiary/aromatic N) is 3. The third-order valence-corrected chi connectivity index (χ3v) is 4.32. The summed E-state index contributed by atoms with van der Waals surface area (Å²) in [5.41, 5.74) is 9.37. The van der Waals surface area contributed by atoms with E-state index in [0.717, 1.165) is 21.4 Å². The van der Waals surface area contributed by atoms with Crippen molar-refractivity contribution in [2.45, 2.75) is 33.9 Å². The normalized spacial score (nSPS) is 16.4. The highest BCUT2D eigenvalue weighted by Gasteiger charge is 2.21. The molecule has 0 amide bonds. The van der Waals surface area contributed by atoms with Crippen LogP contribution in [0, 0.1) is 19.8 Å². The summed E-state index contributed by atoms with van der Waals surface area (Å²) in [4.78, 5) is 25.6. The number of aliphatic hydroxyl groups is 1. The van der Waals surface area contributed by atoms with Crippen LogP contribution in [0.5, 0.6) is 5.75 Å². The van der Waals surface area contributed by atoms with Gasteiger partial charge in [-0.15, -0.1) is 10.2 Å². The summed E-state index contributed by atoms with van der Waals surface area (Å²) < 4.78 is 6.94. The fraction of sp³-hybridized carbons (Fsp3) is 0.333. The molecule has 1 atom stereocenters. The molecule has 148 valence electrons. The number of nitrogens with two attached hydrogens (primary N) is 1. The second-order valence-corrected chi connectivity index (χ2v) is 6.85. The van der Waals surface area contributed by atoms with Gasteiger partial charge in [0.15, 0.2) is 6.23 Å². The van der Waals surface area contributed by atoms with Crippen molar-refractivity contribution >= 4 is 11.7 Å². The monoisotopic (exact) mass is 386 g/mol. The van der Waals surface area contributed by atoms with Gasteiger partial charge in [0.05, 0.1) is 5.69 Å². The van der Waals surface area contributed by atoms with Gasteiger partial charge in [-0.05, 0) is 48.6 Å². The van der Waals surface area contributed by atoms with Gasteiger partial charge in [-0.1, -0.05) is 13.8 Å². The second-order valence-electron chi connectivity index (χ2n) is 6.85. The molecular formula is C18H22N6O4. The standard InChI is InChI=1S/C18H22N6O4/c1-8(2)12-7-13(21-22-16(12)25)28-14-9(3)5-11(6-10(14)4)24-18(27)20-17(26)15(19)23-24/h5-8,16,22,25H,1-4H3,(H2,19,23)(H,20,26,27). The summed E-state index contributed by atoms with van der Waals surface area (Å²) in [6.45, 7) is 7.55. The lowest BCUT2D eigenvalue weighted by molar-refractivity contribution is 0.161. The predicted octanol–water partition coefficient (Wildman–Crippen LogP) is 0.316. The van der Waals surface area contributed by atoms with E-state index in [9.17, 15) is 14.7 Å². The summed E-state index contributed by atoms with van der Waals surface area (Å²) in [6, 6.07) is 3.38. The molecule has 1 aromatic carbocycles. The van der Waals surface area contributed by atoms with Crippen LogP contribution >= 0.6 is 0 Å². The minimum atomic E-state index is -0.847. The fourth-order valence-electron chi connectivity index (χ4n) is 2.89. The van der Waals surface area contributed by atoms with Crippen molar-refractivity contribution < 1.29 is 9.84 Å². The van der Waals surface area contributed by atoms with Gasteiger partial charge in [-0.25, -0.2) is 4.79 Å². The van der Waals surface area contributed by atoms with Crippen molar-refractivity contribution in [1.29, 1.82) is 0 Å². The number of rotatable bonds is 3. The van der Waals surface area contributed by atoms with Crippen molar-refractivity contribution in [3.63, 3.8) is 0 Å². The van der Waals surface area contributed by atoms with Gasteiger partial charge < -0.3 is 15.6 Å². The van der Waals surface area contributed by atoms with Gasteiger partial charge in [0.1, 0.15) is 5.75 Å². The van der Waals surface area contributed by atoms with E-state index in [1.807, 2.05) is 27.7 Å². The minimum absolute atomic E-state index is 0.116. The number of hydrogen-bond acceptors (Lipinski definition) is 8. The second kappa shape index (κ2) is 7.31. The summed E-state index contributed by atoms with van der Waals surface area (Å²) >= 11 is 0. The number of H-pyrrole nitrogens is 1. The Morgan fingerprint density at radius 2 is 1.89 bits per heavy atom. The lowest BCUT2D eigenvalue weighted by Gasteiger charge is -2.23. The Labute approximate surface area is 160 Å². The quantitative estimate of drug-likeness (QED) is 0.593. The molecule has 0 aliphatic carbocycles. The van der Waals surface area contributed by atoms with E-state index in [1.54, 1.807) is 18.2 Å². The first kappa shape index (κ1) is 19.4. The van der Waals surface area contributed by atoms with Crippen LogP contribution in [0.15, 0.2) is 38.5 Å². The van der Waals surface area contributed by atoms with Crippen LogP contribution in [0.1, 0.15) is 25.0 Å². The SMILES string of the molecule is Cc1cc(-n2nc(N)c(=O)[nH]c2=O)cc(C)c1OC1=NNC(O)C(C(C)C)=C1. The molecule has 10 nitrogen and oxygen atoms in total. The maximum absolute atomic E-state index is 12.0. The topological polar surface area (TPSA) is 148 Å². The van der Waals surface area contributed by atoms with Crippen LogP contribution in [0.3, 0.4) is 0 Å². The number of nitrogen functional groups attached to an aromatic ring is 1. The highest BCUT2D eigenvalue weighted by Crippen LogP contribution is 2.27. The molecule has 2 aromatic rings. The zero-order valence-electron chi connectivity index (χ0n) is 16.0. The molecule has 3 rings (SSSR count). The predicted molar refractivity (Wildman–Crippen MR) is 104 cm³/mol. The van der Waals surface area contributed by atoms with Crippen LogP contribution in [0.4, 0.5) is 5.82 Å². The van der Waals surface area contributed by atoms with Gasteiger partial charge in [0.2, 0.25) is 11.7 Å². The Kier molecular flexibility index (Phi) is 5.06. The number of aromatic nitrogens is 3. The number of anilines is 1. The Balaban J connectivity index is 1.97. The molecule has 5 N–H and O–H groups in total. The molecule has 0 spiro atoms. The molecule has 0 radical (unpaired) electrons. The van der Waals surface area contributed by atoms with Crippen LogP contribution in [-0.2, 0) is 0 Å². The maximum Gasteiger partial charge on any atom is 0.349 e. The number of hydrogen-bond donors (Lipinski definition) is 4. The van der Waals surface area contributed by atoms with E-state index in [1.165, 1.54) is 0 Å². The molecule has 0 saturated carbocycles. The van der Waals surface area contributed by atoms with Gasteiger partial charge in [-0.2, -0.15) is 4.68 Å². The Morgan fingerprint density at radius 1 is 1.25 bits per heavy atom. The van der Waals surface area contributed by atoms with Gasteiger partial charge >= 0.3 is 5.69 Å². The summed E-state index contributed by atoms with van der Waals surface area (Å²) in [5, 5.41) is 17.8.